The molecule has 0 aromatic heterocycles. The molecule has 0 aromatic rings. The molecule has 0 aliphatic heterocycles. The van der Waals surface area contributed by atoms with Gasteiger partial charge in [-0.05, 0) is 12.8 Å². The molecule has 1 unspecified atom stereocenters. The third-order valence-corrected chi connectivity index (χ3v) is 24.5. The van der Waals surface area contributed by atoms with E-state index in [-0.39, 0.29) is 6.10 Å². The van der Waals surface area contributed by atoms with Gasteiger partial charge in [0.25, 0.3) is 0 Å². The van der Waals surface area contributed by atoms with E-state index < -0.39 is 23.8 Å². The Kier molecular flexibility index (Phi) is 25.8. The molecule has 2 nitrogen and oxygen atoms in total. The van der Waals surface area contributed by atoms with Crippen molar-refractivity contribution in [3.63, 3.8) is 0 Å². The van der Waals surface area contributed by atoms with Gasteiger partial charge in [-0.2, -0.15) is 0 Å². The Morgan fingerprint density at radius 1 is 0.639 bits per heavy atom. The minimum atomic E-state index is -2.20. The molecule has 1 atom stereocenters. The van der Waals surface area contributed by atoms with Gasteiger partial charge in [0.15, 0.2) is 0 Å². The first kappa shape index (κ1) is 36.3. The summed E-state index contributed by atoms with van der Waals surface area (Å²) in [6, 6.07) is 0. The molecular formula is C32H63ClO2Sn. The van der Waals surface area contributed by atoms with Crippen molar-refractivity contribution in [3.05, 3.63) is 10.2 Å². The van der Waals surface area contributed by atoms with Crippen LogP contribution in [0.15, 0.2) is 10.2 Å². The van der Waals surface area contributed by atoms with Crippen molar-refractivity contribution >= 4 is 35.4 Å². The summed E-state index contributed by atoms with van der Waals surface area (Å²) in [6.45, 7) is 14.1. The SMILES string of the molecule is C=[C](CCCCCCCCCCC(CCCCCC)OC(=O)Cl)[Sn]([CH2]CCC)([CH2]CCC)[CH2]CCC. The van der Waals surface area contributed by atoms with Crippen LogP contribution in [0, 0.1) is 0 Å². The molecule has 0 saturated carbocycles. The molecule has 0 N–H and O–H groups in total. The normalized spacial score (nSPS) is 12.6. The van der Waals surface area contributed by atoms with Gasteiger partial charge in [-0.25, -0.2) is 4.79 Å². The number of rotatable bonds is 27. The van der Waals surface area contributed by atoms with Crippen LogP contribution in [0.3, 0.4) is 0 Å². The van der Waals surface area contributed by atoms with Crippen molar-refractivity contribution in [3.8, 4) is 0 Å². The number of carbonyl (C=O) groups excluding carboxylic acids is 1. The molecule has 0 aromatic carbocycles. The second-order valence-corrected chi connectivity index (χ2v) is 25.3. The number of hydrogen-bond donors (Lipinski definition) is 0. The predicted molar refractivity (Wildman–Crippen MR) is 165 cm³/mol. The van der Waals surface area contributed by atoms with Crippen LogP contribution in [0.1, 0.15) is 163 Å². The number of hydrogen-bond acceptors (Lipinski definition) is 2. The predicted octanol–water partition coefficient (Wildman–Crippen LogP) is 12.5. The molecule has 0 radical (unpaired) electrons. The van der Waals surface area contributed by atoms with Crippen LogP contribution in [0.2, 0.25) is 13.3 Å². The molecule has 0 spiro atoms. The fourth-order valence-corrected chi connectivity index (χ4v) is 21.8. The molecule has 0 heterocycles. The number of allylic oxidation sites excluding steroid dienone is 1. The van der Waals surface area contributed by atoms with Crippen LogP contribution >= 0.6 is 11.6 Å². The summed E-state index contributed by atoms with van der Waals surface area (Å²) in [5.74, 6) is 0. The van der Waals surface area contributed by atoms with E-state index in [4.69, 9.17) is 22.9 Å². The van der Waals surface area contributed by atoms with Crippen LogP contribution in [0.5, 0.6) is 0 Å². The molecule has 4 heteroatoms. The average molecular weight is 634 g/mol. The Hall–Kier alpha value is 0.299. The van der Waals surface area contributed by atoms with Gasteiger partial charge < -0.3 is 4.74 Å². The number of carbonyl (C=O) groups is 1. The quantitative estimate of drug-likeness (QED) is 0.0511. The Bertz CT molecular complexity index is 501. The molecule has 0 aliphatic carbocycles. The number of ether oxygens (including phenoxy) is 1. The maximum absolute atomic E-state index is 11.2. The monoisotopic (exact) mass is 634 g/mol. The van der Waals surface area contributed by atoms with Gasteiger partial charge in [0.1, 0.15) is 0 Å². The molecule has 214 valence electrons. The standard InChI is InChI=1S/C20H36ClO2.3C4H9.Sn/c1-3-5-7-9-10-11-12-13-14-16-18-19(23-20(21)22)17-15-8-6-4-2;3*1-3-4-2;/h19H,1,4-18H2,2H3;3*1,3-4H2,2H3;. The summed E-state index contributed by atoms with van der Waals surface area (Å²) >= 11 is 3.28. The first-order valence-corrected chi connectivity index (χ1v) is 23.9. The second kappa shape index (κ2) is 25.6. The summed E-state index contributed by atoms with van der Waals surface area (Å²) < 4.78 is 11.8. The van der Waals surface area contributed by atoms with Crippen LogP contribution < -0.4 is 0 Å². The molecule has 0 fully saturated rings. The van der Waals surface area contributed by atoms with Crippen LogP contribution in [-0.4, -0.2) is 29.9 Å². The summed E-state index contributed by atoms with van der Waals surface area (Å²) in [5, 5.41) is 0. The van der Waals surface area contributed by atoms with Crippen molar-refractivity contribution in [2.24, 2.45) is 0 Å². The van der Waals surface area contributed by atoms with E-state index in [2.05, 4.69) is 27.7 Å². The number of halogens is 1. The topological polar surface area (TPSA) is 26.3 Å². The first-order valence-electron chi connectivity index (χ1n) is 16.0. The molecule has 36 heavy (non-hydrogen) atoms. The van der Waals surface area contributed by atoms with Gasteiger partial charge in [-0.15, -0.1) is 0 Å². The van der Waals surface area contributed by atoms with E-state index >= 15 is 0 Å². The van der Waals surface area contributed by atoms with Gasteiger partial charge in [-0.3, -0.25) is 0 Å². The van der Waals surface area contributed by atoms with E-state index in [0.29, 0.717) is 0 Å². The van der Waals surface area contributed by atoms with Crippen LogP contribution in [-0.2, 0) is 4.74 Å². The molecule has 0 bridgehead atoms. The molecule has 0 aliphatic rings. The van der Waals surface area contributed by atoms with E-state index in [9.17, 15) is 4.79 Å². The minimum absolute atomic E-state index is 0.0180. The van der Waals surface area contributed by atoms with Gasteiger partial charge >= 0.3 is 177 Å². The molecular weight excluding hydrogens is 571 g/mol. The number of unbranched alkanes of at least 4 members (excludes halogenated alkanes) is 13. The average Bonchev–Trinajstić information content (AvgIpc) is 2.86. The Balaban J connectivity index is 4.13. The van der Waals surface area contributed by atoms with Gasteiger partial charge in [0, 0.05) is 11.6 Å². The van der Waals surface area contributed by atoms with E-state index in [0.717, 1.165) is 25.7 Å². The van der Waals surface area contributed by atoms with Crippen molar-refractivity contribution in [1.82, 2.24) is 0 Å². The zero-order chi connectivity index (χ0) is 26.9. The summed E-state index contributed by atoms with van der Waals surface area (Å²) in [5.41, 5.74) is -0.638. The molecule has 0 amide bonds. The van der Waals surface area contributed by atoms with Gasteiger partial charge in [0.05, 0.1) is 0 Å². The van der Waals surface area contributed by atoms with Crippen LogP contribution in [0.25, 0.3) is 0 Å². The van der Waals surface area contributed by atoms with Crippen LogP contribution in [0.4, 0.5) is 4.79 Å². The van der Waals surface area contributed by atoms with Crippen molar-refractivity contribution in [1.29, 1.82) is 0 Å². The Labute approximate surface area is 236 Å². The van der Waals surface area contributed by atoms with Gasteiger partial charge in [-0.1, -0.05) is 26.2 Å². The molecule has 0 rings (SSSR count). The van der Waals surface area contributed by atoms with E-state index in [1.54, 1.807) is 16.9 Å². The van der Waals surface area contributed by atoms with Crippen molar-refractivity contribution in [2.45, 2.75) is 182 Å². The Morgan fingerprint density at radius 2 is 1.03 bits per heavy atom. The van der Waals surface area contributed by atoms with Gasteiger partial charge in [0.2, 0.25) is 0 Å². The fourth-order valence-electron chi connectivity index (χ4n) is 5.68. The first-order chi connectivity index (χ1) is 17.5. The summed E-state index contributed by atoms with van der Waals surface area (Å²) in [4.78, 5) is 11.2. The fraction of sp³-hybridized carbons (Fsp3) is 0.906. The van der Waals surface area contributed by atoms with E-state index in [1.165, 1.54) is 109 Å². The maximum atomic E-state index is 11.2. The third-order valence-electron chi connectivity index (χ3n) is 8.17. The third kappa shape index (κ3) is 19.4. The second-order valence-electron chi connectivity index (χ2n) is 11.4. The summed E-state index contributed by atoms with van der Waals surface area (Å²) in [6.07, 6.45) is 27.0. The zero-order valence-corrected chi connectivity index (χ0v) is 28.6. The Morgan fingerprint density at radius 3 is 1.44 bits per heavy atom. The van der Waals surface area contributed by atoms with Crippen molar-refractivity contribution < 1.29 is 9.53 Å². The molecule has 0 saturated heterocycles. The zero-order valence-electron chi connectivity index (χ0n) is 24.9. The van der Waals surface area contributed by atoms with E-state index in [1.807, 2.05) is 0 Å². The van der Waals surface area contributed by atoms with Crippen molar-refractivity contribution in [2.75, 3.05) is 0 Å². The summed E-state index contributed by atoms with van der Waals surface area (Å²) in [7, 11) is 0.